The van der Waals surface area contributed by atoms with E-state index in [0.29, 0.717) is 17.1 Å². The summed E-state index contributed by atoms with van der Waals surface area (Å²) in [4.78, 5) is 21.8. The number of nitrogens with one attached hydrogen (secondary N) is 1. The number of carbonyl (C=O) groups is 1. The maximum absolute atomic E-state index is 12.4. The van der Waals surface area contributed by atoms with Crippen molar-refractivity contribution in [1.29, 1.82) is 0 Å². The first-order valence-electron chi connectivity index (χ1n) is 11.7. The van der Waals surface area contributed by atoms with Gasteiger partial charge in [0.1, 0.15) is 5.82 Å². The molecule has 0 radical (unpaired) electrons. The molecule has 0 aliphatic carbocycles. The fraction of sp³-hybridized carbons (Fsp3) is 0.333. The maximum atomic E-state index is 12.4. The van der Waals surface area contributed by atoms with Gasteiger partial charge in [0.15, 0.2) is 11.5 Å². The molecule has 0 spiro atoms. The highest BCUT2D eigenvalue weighted by atomic mass is 35.5. The number of halogens is 1. The van der Waals surface area contributed by atoms with Crippen LogP contribution in [0.2, 0.25) is 5.02 Å². The molecule has 3 aromatic rings. The highest BCUT2D eigenvalue weighted by Gasteiger charge is 2.17. The summed E-state index contributed by atoms with van der Waals surface area (Å²) in [7, 11) is 3.31. The Bertz CT molecular complexity index is 1140. The number of rotatable bonds is 8. The number of aromatic nitrogens is 1. The number of anilines is 1. The van der Waals surface area contributed by atoms with E-state index in [2.05, 4.69) is 32.2 Å². The van der Waals surface area contributed by atoms with Crippen molar-refractivity contribution in [3.05, 3.63) is 82.5 Å². The topological polar surface area (TPSA) is 66.9 Å². The molecular formula is C27H31ClN4O3. The van der Waals surface area contributed by atoms with Crippen molar-refractivity contribution in [2.45, 2.75) is 19.5 Å². The Hall–Kier alpha value is -3.29. The molecule has 4 rings (SSSR count). The van der Waals surface area contributed by atoms with E-state index in [4.69, 9.17) is 21.1 Å². The average Bonchev–Trinajstić information content (AvgIpc) is 3.13. The molecule has 1 N–H and O–H groups in total. The zero-order valence-electron chi connectivity index (χ0n) is 20.2. The van der Waals surface area contributed by atoms with Crippen molar-refractivity contribution in [2.75, 3.05) is 45.3 Å². The molecule has 8 heteroatoms. The van der Waals surface area contributed by atoms with Crippen molar-refractivity contribution < 1.29 is 14.3 Å². The second-order valence-corrected chi connectivity index (χ2v) is 8.95. The Morgan fingerprint density at radius 1 is 0.943 bits per heavy atom. The fourth-order valence-corrected chi connectivity index (χ4v) is 4.35. The SMILES string of the molecule is COc1ccc(CN2CCCN(c3cc(CNC(=O)c4ccc(Cl)cc4)ccn3)CC2)cc1OC. The van der Waals surface area contributed by atoms with Crippen LogP contribution in [-0.2, 0) is 13.1 Å². The van der Waals surface area contributed by atoms with Gasteiger partial charge in [-0.25, -0.2) is 4.98 Å². The number of ether oxygens (including phenoxy) is 2. The first-order chi connectivity index (χ1) is 17.1. The predicted molar refractivity (Wildman–Crippen MR) is 139 cm³/mol. The van der Waals surface area contributed by atoms with E-state index >= 15 is 0 Å². The minimum absolute atomic E-state index is 0.124. The lowest BCUT2D eigenvalue weighted by atomic mass is 10.2. The van der Waals surface area contributed by atoms with Gasteiger partial charge in [-0.1, -0.05) is 17.7 Å². The molecule has 35 heavy (non-hydrogen) atoms. The first-order valence-corrected chi connectivity index (χ1v) is 12.1. The zero-order chi connectivity index (χ0) is 24.6. The van der Waals surface area contributed by atoms with Gasteiger partial charge in [0.2, 0.25) is 0 Å². The molecule has 7 nitrogen and oxygen atoms in total. The Balaban J connectivity index is 1.33. The summed E-state index contributed by atoms with van der Waals surface area (Å²) in [5.41, 5.74) is 2.81. The summed E-state index contributed by atoms with van der Waals surface area (Å²) in [6.07, 6.45) is 2.86. The summed E-state index contributed by atoms with van der Waals surface area (Å²) >= 11 is 5.91. The van der Waals surface area contributed by atoms with Crippen molar-refractivity contribution in [1.82, 2.24) is 15.2 Å². The number of amides is 1. The minimum Gasteiger partial charge on any atom is -0.493 e. The Labute approximate surface area is 211 Å². The quantitative estimate of drug-likeness (QED) is 0.501. The van der Waals surface area contributed by atoms with Crippen LogP contribution in [0, 0.1) is 0 Å². The van der Waals surface area contributed by atoms with Crippen LogP contribution in [0.25, 0.3) is 0 Å². The molecule has 1 aromatic heterocycles. The van der Waals surface area contributed by atoms with Gasteiger partial charge in [-0.05, 0) is 66.1 Å². The van der Waals surface area contributed by atoms with Gasteiger partial charge >= 0.3 is 0 Å². The van der Waals surface area contributed by atoms with Gasteiger partial charge in [0.05, 0.1) is 14.2 Å². The number of nitrogens with zero attached hydrogens (tertiary/aromatic N) is 3. The average molecular weight is 495 g/mol. The highest BCUT2D eigenvalue weighted by Crippen LogP contribution is 2.28. The molecule has 184 valence electrons. The van der Waals surface area contributed by atoms with Gasteiger partial charge in [0, 0.05) is 56.1 Å². The lowest BCUT2D eigenvalue weighted by Gasteiger charge is -2.23. The molecular weight excluding hydrogens is 464 g/mol. The maximum Gasteiger partial charge on any atom is 0.251 e. The first kappa shape index (κ1) is 24.8. The molecule has 0 atom stereocenters. The van der Waals surface area contributed by atoms with E-state index in [1.807, 2.05) is 24.4 Å². The van der Waals surface area contributed by atoms with Crippen LogP contribution in [0.4, 0.5) is 5.82 Å². The summed E-state index contributed by atoms with van der Waals surface area (Å²) in [6, 6.07) is 17.0. The van der Waals surface area contributed by atoms with Crippen molar-refractivity contribution in [3.8, 4) is 11.5 Å². The third-order valence-corrected chi connectivity index (χ3v) is 6.39. The van der Waals surface area contributed by atoms with E-state index in [-0.39, 0.29) is 5.91 Å². The van der Waals surface area contributed by atoms with Gasteiger partial charge < -0.3 is 19.7 Å². The summed E-state index contributed by atoms with van der Waals surface area (Å²) in [5, 5.41) is 3.58. The van der Waals surface area contributed by atoms with Crippen LogP contribution < -0.4 is 19.7 Å². The van der Waals surface area contributed by atoms with Gasteiger partial charge in [-0.2, -0.15) is 0 Å². The van der Waals surface area contributed by atoms with E-state index < -0.39 is 0 Å². The fourth-order valence-electron chi connectivity index (χ4n) is 4.22. The molecule has 2 aromatic carbocycles. The smallest absolute Gasteiger partial charge is 0.251 e. The standard InChI is InChI=1S/C27H31ClN4O3/c1-34-24-9-4-21(16-25(24)35-2)19-31-12-3-13-32(15-14-31)26-17-20(10-11-29-26)18-30-27(33)22-5-7-23(28)8-6-22/h4-11,16-17H,3,12-15,18-19H2,1-2H3,(H,30,33). The lowest BCUT2D eigenvalue weighted by Crippen LogP contribution is -2.31. The summed E-state index contributed by atoms with van der Waals surface area (Å²) < 4.78 is 10.8. The molecule has 1 saturated heterocycles. The van der Waals surface area contributed by atoms with E-state index in [9.17, 15) is 4.79 Å². The molecule has 0 unspecified atom stereocenters. The monoisotopic (exact) mass is 494 g/mol. The summed E-state index contributed by atoms with van der Waals surface area (Å²) in [6.45, 7) is 5.08. The Morgan fingerprint density at radius 2 is 1.74 bits per heavy atom. The number of hydrogen-bond donors (Lipinski definition) is 1. The van der Waals surface area contributed by atoms with Crippen LogP contribution >= 0.6 is 11.6 Å². The van der Waals surface area contributed by atoms with Gasteiger partial charge in [0.25, 0.3) is 5.91 Å². The number of carbonyl (C=O) groups excluding carboxylic acids is 1. The van der Waals surface area contributed by atoms with Crippen LogP contribution in [-0.4, -0.2) is 56.2 Å². The van der Waals surface area contributed by atoms with Gasteiger partial charge in [-0.3, -0.25) is 9.69 Å². The van der Waals surface area contributed by atoms with Gasteiger partial charge in [-0.15, -0.1) is 0 Å². The van der Waals surface area contributed by atoms with Crippen LogP contribution in [0.5, 0.6) is 11.5 Å². The van der Waals surface area contributed by atoms with Crippen LogP contribution in [0.1, 0.15) is 27.9 Å². The predicted octanol–water partition coefficient (Wildman–Crippen LogP) is 4.39. The molecule has 1 aliphatic heterocycles. The lowest BCUT2D eigenvalue weighted by molar-refractivity contribution is 0.0951. The molecule has 1 fully saturated rings. The number of methoxy groups -OCH3 is 2. The Kier molecular flexibility index (Phi) is 8.45. The second-order valence-electron chi connectivity index (χ2n) is 8.52. The largest absolute Gasteiger partial charge is 0.493 e. The minimum atomic E-state index is -0.124. The Morgan fingerprint density at radius 3 is 2.51 bits per heavy atom. The molecule has 1 aliphatic rings. The van der Waals surface area contributed by atoms with Crippen molar-refractivity contribution in [3.63, 3.8) is 0 Å². The normalized spacial score (nSPS) is 14.3. The molecule has 0 saturated carbocycles. The number of benzene rings is 2. The molecule has 0 bridgehead atoms. The van der Waals surface area contributed by atoms with Crippen LogP contribution in [0.3, 0.4) is 0 Å². The third kappa shape index (κ3) is 6.65. The van der Waals surface area contributed by atoms with Crippen molar-refractivity contribution >= 4 is 23.3 Å². The second kappa shape index (κ2) is 11.9. The number of hydrogen-bond acceptors (Lipinski definition) is 6. The van der Waals surface area contributed by atoms with E-state index in [0.717, 1.165) is 62.0 Å². The van der Waals surface area contributed by atoms with Crippen molar-refractivity contribution in [2.24, 2.45) is 0 Å². The van der Waals surface area contributed by atoms with Crippen LogP contribution in [0.15, 0.2) is 60.8 Å². The molecule has 1 amide bonds. The van der Waals surface area contributed by atoms with E-state index in [1.165, 1.54) is 5.56 Å². The summed E-state index contributed by atoms with van der Waals surface area (Å²) in [5.74, 6) is 2.32. The highest BCUT2D eigenvalue weighted by molar-refractivity contribution is 6.30. The number of pyridine rings is 1. The zero-order valence-corrected chi connectivity index (χ0v) is 20.9. The van der Waals surface area contributed by atoms with E-state index in [1.54, 1.807) is 38.5 Å². The third-order valence-electron chi connectivity index (χ3n) is 6.14. The molecule has 2 heterocycles.